The van der Waals surface area contributed by atoms with Crippen LogP contribution in [-0.4, -0.2) is 102 Å². The highest BCUT2D eigenvalue weighted by Gasteiger charge is 2.10. The third-order valence-corrected chi connectivity index (χ3v) is 5.38. The largest absolute Gasteiger partial charge is 0.379 e. The van der Waals surface area contributed by atoms with Crippen LogP contribution in [-0.2, 0) is 28.4 Å². The number of hydrogen-bond donors (Lipinski definition) is 1. The Morgan fingerprint density at radius 2 is 1.30 bits per heavy atom. The molecule has 0 bridgehead atoms. The third-order valence-electron chi connectivity index (χ3n) is 5.38. The molecule has 0 aliphatic rings. The summed E-state index contributed by atoms with van der Waals surface area (Å²) in [4.78, 5) is 12.3. The van der Waals surface area contributed by atoms with Gasteiger partial charge in [-0.3, -0.25) is 9.48 Å². The Morgan fingerprint density at radius 1 is 0.811 bits per heavy atom. The Kier molecular flexibility index (Phi) is 16.5. The topological polar surface area (TPSA) is 102 Å². The van der Waals surface area contributed by atoms with Crippen LogP contribution in [0.25, 0.3) is 0 Å². The summed E-state index contributed by atoms with van der Waals surface area (Å²) in [6, 6.07) is 7.69. The average Bonchev–Trinajstić information content (AvgIpc) is 3.35. The Hall–Kier alpha value is -2.34. The van der Waals surface area contributed by atoms with E-state index in [1.54, 1.807) is 0 Å². The molecule has 0 radical (unpaired) electrons. The van der Waals surface area contributed by atoms with Crippen molar-refractivity contribution in [3.05, 3.63) is 53.3 Å². The van der Waals surface area contributed by atoms with Crippen LogP contribution >= 0.6 is 0 Å². The normalized spacial score (nSPS) is 12.1. The molecule has 0 saturated carbocycles. The quantitative estimate of drug-likeness (QED) is 0.236. The number of ether oxygens (including phenoxy) is 6. The molecule has 10 heteroatoms. The summed E-state index contributed by atoms with van der Waals surface area (Å²) in [7, 11) is 0. The fourth-order valence-electron chi connectivity index (χ4n) is 3.29. The maximum atomic E-state index is 12.3. The number of nitrogens with zero attached hydrogens (tertiary/aromatic N) is 2. The molecule has 1 aromatic heterocycles. The molecule has 1 atom stereocenters. The SMILES string of the molecule is CCOCCOCCOCCOCCOCCOCCNC(=O)c1ccc(C(C)n2cc(C)cn2)cc1. The minimum absolute atomic E-state index is 0.105. The molecule has 0 spiro atoms. The van der Waals surface area contributed by atoms with E-state index in [0.29, 0.717) is 91.4 Å². The zero-order chi connectivity index (χ0) is 26.6. The van der Waals surface area contributed by atoms with Crippen molar-refractivity contribution in [2.75, 3.05) is 85.8 Å². The van der Waals surface area contributed by atoms with Crippen molar-refractivity contribution in [1.82, 2.24) is 15.1 Å². The van der Waals surface area contributed by atoms with Crippen LogP contribution in [0.3, 0.4) is 0 Å². The first-order valence-corrected chi connectivity index (χ1v) is 13.0. The first kappa shape index (κ1) is 30.9. The molecule has 2 aromatic rings. The van der Waals surface area contributed by atoms with Gasteiger partial charge in [-0.15, -0.1) is 0 Å². The van der Waals surface area contributed by atoms with Gasteiger partial charge in [0, 0.05) is 24.9 Å². The second-order valence-electron chi connectivity index (χ2n) is 8.31. The van der Waals surface area contributed by atoms with Gasteiger partial charge in [0.25, 0.3) is 5.91 Å². The van der Waals surface area contributed by atoms with Crippen molar-refractivity contribution in [2.45, 2.75) is 26.8 Å². The van der Waals surface area contributed by atoms with Crippen LogP contribution in [0.15, 0.2) is 36.7 Å². The van der Waals surface area contributed by atoms with Crippen LogP contribution in [0.2, 0.25) is 0 Å². The molecule has 0 fully saturated rings. The number of rotatable bonds is 22. The Bertz CT molecular complexity index is 845. The number of aryl methyl sites for hydroxylation is 1. The highest BCUT2D eigenvalue weighted by atomic mass is 16.6. The number of carbonyl (C=O) groups excluding carboxylic acids is 1. The first-order valence-electron chi connectivity index (χ1n) is 13.0. The molecule has 1 aromatic carbocycles. The molecule has 2 rings (SSSR count). The van der Waals surface area contributed by atoms with Crippen LogP contribution in [0.5, 0.6) is 0 Å². The monoisotopic (exact) mass is 521 g/mol. The van der Waals surface area contributed by atoms with Crippen molar-refractivity contribution >= 4 is 5.91 Å². The summed E-state index contributed by atoms with van der Waals surface area (Å²) in [6.07, 6.45) is 3.84. The number of amides is 1. The standard InChI is InChI=1S/C27H43N3O7/c1-4-32-11-12-34-15-16-36-19-20-37-18-17-35-14-13-33-10-9-28-27(31)26-7-5-25(6-8-26)24(3)30-22-23(2)21-29-30/h5-8,21-22,24H,4,9-20H2,1-3H3,(H,28,31). The van der Waals surface area contributed by atoms with Gasteiger partial charge in [-0.2, -0.15) is 5.10 Å². The van der Waals surface area contributed by atoms with Gasteiger partial charge in [-0.1, -0.05) is 12.1 Å². The second kappa shape index (κ2) is 19.7. The van der Waals surface area contributed by atoms with Gasteiger partial charge in [0.15, 0.2) is 0 Å². The Labute approximate surface area is 220 Å². The van der Waals surface area contributed by atoms with Gasteiger partial charge in [0.05, 0.1) is 84.9 Å². The summed E-state index contributed by atoms with van der Waals surface area (Å²) >= 11 is 0. The van der Waals surface area contributed by atoms with Gasteiger partial charge < -0.3 is 33.7 Å². The zero-order valence-electron chi connectivity index (χ0n) is 22.5. The first-order chi connectivity index (χ1) is 18.1. The zero-order valence-corrected chi connectivity index (χ0v) is 22.5. The highest BCUT2D eigenvalue weighted by molar-refractivity contribution is 5.94. The fraction of sp³-hybridized carbons (Fsp3) is 0.630. The Balaban J connectivity index is 1.38. The molecule has 0 aliphatic carbocycles. The summed E-state index contributed by atoms with van der Waals surface area (Å²) in [5.41, 5.74) is 2.83. The lowest BCUT2D eigenvalue weighted by Gasteiger charge is -2.13. The fourth-order valence-corrected chi connectivity index (χ4v) is 3.29. The number of nitrogens with one attached hydrogen (secondary N) is 1. The van der Waals surface area contributed by atoms with E-state index < -0.39 is 0 Å². The number of aromatic nitrogens is 2. The van der Waals surface area contributed by atoms with E-state index >= 15 is 0 Å². The van der Waals surface area contributed by atoms with Gasteiger partial charge in [-0.05, 0) is 44.0 Å². The highest BCUT2D eigenvalue weighted by Crippen LogP contribution is 2.18. The van der Waals surface area contributed by atoms with Crippen LogP contribution in [0.1, 0.15) is 41.4 Å². The van der Waals surface area contributed by atoms with Crippen LogP contribution < -0.4 is 5.32 Å². The van der Waals surface area contributed by atoms with Gasteiger partial charge in [0.2, 0.25) is 0 Å². The van der Waals surface area contributed by atoms with E-state index in [9.17, 15) is 4.79 Å². The molecule has 37 heavy (non-hydrogen) atoms. The molecule has 0 aliphatic heterocycles. The Morgan fingerprint density at radius 3 is 1.76 bits per heavy atom. The van der Waals surface area contributed by atoms with E-state index in [2.05, 4.69) is 17.3 Å². The maximum Gasteiger partial charge on any atom is 0.251 e. The van der Waals surface area contributed by atoms with Crippen molar-refractivity contribution in [3.63, 3.8) is 0 Å². The van der Waals surface area contributed by atoms with Gasteiger partial charge in [-0.25, -0.2) is 0 Å². The van der Waals surface area contributed by atoms with E-state index in [0.717, 1.165) is 11.1 Å². The average molecular weight is 522 g/mol. The van der Waals surface area contributed by atoms with Gasteiger partial charge in [0.1, 0.15) is 0 Å². The summed E-state index contributed by atoms with van der Waals surface area (Å²) in [5.74, 6) is -0.121. The number of hydrogen-bond acceptors (Lipinski definition) is 8. The van der Waals surface area contributed by atoms with E-state index in [4.69, 9.17) is 28.4 Å². The molecule has 208 valence electrons. The molecule has 1 heterocycles. The second-order valence-corrected chi connectivity index (χ2v) is 8.31. The molecule has 0 saturated heterocycles. The molecule has 1 amide bonds. The van der Waals surface area contributed by atoms with E-state index in [1.807, 2.05) is 55.2 Å². The van der Waals surface area contributed by atoms with Crippen molar-refractivity contribution in [2.24, 2.45) is 0 Å². The molecule has 1 N–H and O–H groups in total. The van der Waals surface area contributed by atoms with Gasteiger partial charge >= 0.3 is 0 Å². The third kappa shape index (κ3) is 13.7. The molecular formula is C27H43N3O7. The van der Waals surface area contributed by atoms with Crippen molar-refractivity contribution < 1.29 is 33.2 Å². The van der Waals surface area contributed by atoms with E-state index in [-0.39, 0.29) is 11.9 Å². The molecular weight excluding hydrogens is 478 g/mol. The lowest BCUT2D eigenvalue weighted by molar-refractivity contribution is -0.0160. The molecule has 10 nitrogen and oxygen atoms in total. The lowest BCUT2D eigenvalue weighted by atomic mass is 10.1. The minimum atomic E-state index is -0.121. The smallest absolute Gasteiger partial charge is 0.251 e. The predicted octanol–water partition coefficient (Wildman–Crippen LogP) is 2.65. The summed E-state index contributed by atoms with van der Waals surface area (Å²) in [6.45, 7) is 12.9. The van der Waals surface area contributed by atoms with E-state index in [1.165, 1.54) is 0 Å². The predicted molar refractivity (Wildman–Crippen MR) is 140 cm³/mol. The van der Waals surface area contributed by atoms with Crippen molar-refractivity contribution in [3.8, 4) is 0 Å². The van der Waals surface area contributed by atoms with Crippen LogP contribution in [0, 0.1) is 6.92 Å². The number of carbonyl (C=O) groups is 1. The summed E-state index contributed by atoms with van der Waals surface area (Å²) in [5, 5.41) is 7.23. The maximum absolute atomic E-state index is 12.3. The summed E-state index contributed by atoms with van der Waals surface area (Å²) < 4.78 is 34.3. The van der Waals surface area contributed by atoms with Crippen molar-refractivity contribution in [1.29, 1.82) is 0 Å². The lowest BCUT2D eigenvalue weighted by Crippen LogP contribution is -2.27. The molecule has 1 unspecified atom stereocenters. The minimum Gasteiger partial charge on any atom is -0.379 e. The van der Waals surface area contributed by atoms with Crippen LogP contribution in [0.4, 0.5) is 0 Å². The number of benzene rings is 1.